The van der Waals surface area contributed by atoms with Gasteiger partial charge in [0.25, 0.3) is 0 Å². The van der Waals surface area contributed by atoms with Crippen LogP contribution in [-0.4, -0.2) is 50.1 Å². The fourth-order valence-corrected chi connectivity index (χ4v) is 4.91. The lowest BCUT2D eigenvalue weighted by Crippen LogP contribution is -2.50. The molecular weight excluding hydrogens is 411 g/mol. The predicted octanol–water partition coefficient (Wildman–Crippen LogP) is 2.65. The van der Waals surface area contributed by atoms with E-state index in [9.17, 15) is 14.3 Å². The van der Waals surface area contributed by atoms with Crippen molar-refractivity contribution in [1.82, 2.24) is 25.3 Å². The zero-order valence-corrected chi connectivity index (χ0v) is 18.2. The molecule has 3 aromatic heterocycles. The Hall–Kier alpha value is -3.07. The van der Waals surface area contributed by atoms with E-state index in [1.54, 1.807) is 20.2 Å². The quantitative estimate of drug-likeness (QED) is 0.565. The van der Waals surface area contributed by atoms with Crippen LogP contribution in [0.5, 0.6) is 0 Å². The smallest absolute Gasteiger partial charge is 0.224 e. The van der Waals surface area contributed by atoms with Crippen LogP contribution in [0.15, 0.2) is 30.9 Å². The third kappa shape index (κ3) is 3.60. The minimum absolute atomic E-state index is 0.0398. The zero-order valence-electron chi connectivity index (χ0n) is 18.2. The molecule has 4 heterocycles. The van der Waals surface area contributed by atoms with Crippen LogP contribution >= 0.6 is 0 Å². The summed E-state index contributed by atoms with van der Waals surface area (Å²) in [5.41, 5.74) is 1.52. The Bertz CT molecular complexity index is 1160. The number of H-pyrrole nitrogens is 1. The number of hydrogen-bond acceptors (Lipinski definition) is 6. The number of piperidine rings is 1. The van der Waals surface area contributed by atoms with Gasteiger partial charge in [-0.2, -0.15) is 0 Å². The second-order valence-electron chi connectivity index (χ2n) is 9.16. The molecular formula is C23H27FN6O2. The number of carbonyl (C=O) groups excluding carboxylic acids is 1. The van der Waals surface area contributed by atoms with E-state index in [-0.39, 0.29) is 17.2 Å². The lowest BCUT2D eigenvalue weighted by atomic mass is 9.81. The van der Waals surface area contributed by atoms with Crippen LogP contribution in [0.3, 0.4) is 0 Å². The van der Waals surface area contributed by atoms with Crippen molar-refractivity contribution < 1.29 is 14.3 Å². The number of aromatic nitrogens is 4. The van der Waals surface area contributed by atoms with Gasteiger partial charge in [-0.15, -0.1) is 0 Å². The highest BCUT2D eigenvalue weighted by atomic mass is 19.1. The summed E-state index contributed by atoms with van der Waals surface area (Å²) in [4.78, 5) is 31.3. The molecule has 1 spiro atoms. The molecule has 3 N–H and O–H groups in total. The van der Waals surface area contributed by atoms with Crippen LogP contribution < -0.4 is 10.2 Å². The van der Waals surface area contributed by atoms with Gasteiger partial charge in [0.15, 0.2) is 0 Å². The molecule has 3 atom stereocenters. The van der Waals surface area contributed by atoms with E-state index in [4.69, 9.17) is 0 Å². The summed E-state index contributed by atoms with van der Waals surface area (Å²) in [6.07, 6.45) is 6.25. The Labute approximate surface area is 185 Å². The Kier molecular flexibility index (Phi) is 5.08. The van der Waals surface area contributed by atoms with Gasteiger partial charge in [-0.1, -0.05) is 0 Å². The number of carbonyl (C=O) groups is 1. The summed E-state index contributed by atoms with van der Waals surface area (Å²) in [7, 11) is 0. The van der Waals surface area contributed by atoms with Crippen molar-refractivity contribution in [2.24, 2.45) is 11.3 Å². The molecule has 32 heavy (non-hydrogen) atoms. The molecule has 168 valence electrons. The molecule has 0 aromatic carbocycles. The third-order valence-corrected chi connectivity index (χ3v) is 6.99. The monoisotopic (exact) mass is 438 g/mol. The number of rotatable bonds is 5. The zero-order chi connectivity index (χ0) is 22.5. The summed E-state index contributed by atoms with van der Waals surface area (Å²) in [5.74, 6) is 0.338. The summed E-state index contributed by atoms with van der Waals surface area (Å²) in [5, 5.41) is 14.6. The first-order valence-corrected chi connectivity index (χ1v) is 11.0. The van der Waals surface area contributed by atoms with E-state index in [2.05, 4.69) is 30.2 Å². The molecule has 9 heteroatoms. The number of aliphatic hydroxyl groups is 1. The van der Waals surface area contributed by atoms with E-state index in [1.165, 1.54) is 6.07 Å². The molecule has 0 bridgehead atoms. The van der Waals surface area contributed by atoms with Gasteiger partial charge in [0.2, 0.25) is 5.91 Å². The maximum Gasteiger partial charge on any atom is 0.224 e. The normalized spacial score (nSPS) is 21.5. The van der Waals surface area contributed by atoms with Crippen molar-refractivity contribution in [2.75, 3.05) is 18.0 Å². The van der Waals surface area contributed by atoms with Crippen LogP contribution in [0.1, 0.15) is 43.5 Å². The number of nitrogens with one attached hydrogen (secondary N) is 2. The highest BCUT2D eigenvalue weighted by Gasteiger charge is 2.55. The number of halogens is 1. The number of nitrogens with zero attached hydrogens (tertiary/aromatic N) is 4. The second kappa shape index (κ2) is 7.81. The lowest BCUT2D eigenvalue weighted by Gasteiger charge is -2.39. The molecule has 8 nitrogen and oxygen atoms in total. The Morgan fingerprint density at radius 1 is 1.38 bits per heavy atom. The maximum atomic E-state index is 13.5. The van der Waals surface area contributed by atoms with Crippen LogP contribution in [0.25, 0.3) is 11.0 Å². The topological polar surface area (TPSA) is 107 Å². The average molecular weight is 439 g/mol. The van der Waals surface area contributed by atoms with E-state index >= 15 is 0 Å². The molecule has 1 amide bonds. The largest absolute Gasteiger partial charge is 0.385 e. The molecule has 1 aliphatic carbocycles. The predicted molar refractivity (Wildman–Crippen MR) is 117 cm³/mol. The van der Waals surface area contributed by atoms with Gasteiger partial charge in [0, 0.05) is 25.2 Å². The summed E-state index contributed by atoms with van der Waals surface area (Å²) < 4.78 is 13.5. The van der Waals surface area contributed by atoms with Crippen LogP contribution in [0, 0.1) is 24.1 Å². The minimum atomic E-state index is -1.00. The SMILES string of the molecule is Cc1cc(C(O)C(C)NC(=O)[C@H]2CCN(c3ncnc4[nH]ccc34)CC23CC3)ncc1F. The Morgan fingerprint density at radius 3 is 2.94 bits per heavy atom. The lowest BCUT2D eigenvalue weighted by molar-refractivity contribution is -0.129. The number of hydrogen-bond donors (Lipinski definition) is 3. The first-order valence-electron chi connectivity index (χ1n) is 11.0. The highest BCUT2D eigenvalue weighted by molar-refractivity contribution is 5.87. The molecule has 1 aliphatic heterocycles. The number of aryl methyl sites for hydroxylation is 1. The van der Waals surface area contributed by atoms with E-state index < -0.39 is 18.0 Å². The number of aromatic amines is 1. The molecule has 1 saturated heterocycles. The minimum Gasteiger partial charge on any atom is -0.385 e. The fraction of sp³-hybridized carbons (Fsp3) is 0.478. The van der Waals surface area contributed by atoms with Crippen molar-refractivity contribution in [3.05, 3.63) is 47.9 Å². The molecule has 1 saturated carbocycles. The van der Waals surface area contributed by atoms with Crippen molar-refractivity contribution in [1.29, 1.82) is 0 Å². The standard InChI is InChI=1S/C23H27FN6O2/c1-13-9-18(26-10-17(13)24)19(31)14(2)29-22(32)16-4-8-30(11-23(16)5-6-23)21-15-3-7-25-20(15)27-12-28-21/h3,7,9-10,12,14,16,19,31H,4-6,8,11H2,1-2H3,(H,29,32)(H,25,27,28)/t14?,16-,19?/m1/s1. The van der Waals surface area contributed by atoms with Crippen LogP contribution in [-0.2, 0) is 4.79 Å². The van der Waals surface area contributed by atoms with Crippen molar-refractivity contribution in [2.45, 2.75) is 45.3 Å². The van der Waals surface area contributed by atoms with Gasteiger partial charge >= 0.3 is 0 Å². The number of pyridine rings is 1. The molecule has 0 radical (unpaired) electrons. The van der Waals surface area contributed by atoms with Gasteiger partial charge in [-0.05, 0) is 56.2 Å². The number of anilines is 1. The number of aliphatic hydroxyl groups excluding tert-OH is 1. The van der Waals surface area contributed by atoms with Gasteiger partial charge < -0.3 is 20.3 Å². The van der Waals surface area contributed by atoms with E-state index in [0.717, 1.165) is 55.4 Å². The molecule has 2 aliphatic rings. The third-order valence-electron chi connectivity index (χ3n) is 6.99. The van der Waals surface area contributed by atoms with E-state index in [1.807, 2.05) is 12.3 Å². The maximum absolute atomic E-state index is 13.5. The first kappa shape index (κ1) is 20.8. The van der Waals surface area contributed by atoms with Gasteiger partial charge in [-0.25, -0.2) is 14.4 Å². The van der Waals surface area contributed by atoms with Crippen LogP contribution in [0.4, 0.5) is 10.2 Å². The van der Waals surface area contributed by atoms with Crippen LogP contribution in [0.2, 0.25) is 0 Å². The summed E-state index contributed by atoms with van der Waals surface area (Å²) in [6.45, 7) is 4.88. The highest BCUT2D eigenvalue weighted by Crippen LogP contribution is 2.56. The van der Waals surface area contributed by atoms with Gasteiger partial charge in [-0.3, -0.25) is 9.78 Å². The molecule has 3 aromatic rings. The average Bonchev–Trinajstić information content (AvgIpc) is 3.36. The fourth-order valence-electron chi connectivity index (χ4n) is 4.91. The van der Waals surface area contributed by atoms with E-state index in [0.29, 0.717) is 11.3 Å². The Morgan fingerprint density at radius 2 is 2.19 bits per heavy atom. The number of amides is 1. The number of fused-ring (bicyclic) bond motifs is 1. The van der Waals surface area contributed by atoms with Crippen molar-refractivity contribution >= 4 is 22.8 Å². The van der Waals surface area contributed by atoms with Gasteiger partial charge in [0.1, 0.15) is 29.7 Å². The summed E-state index contributed by atoms with van der Waals surface area (Å²) in [6, 6.07) is 2.97. The van der Waals surface area contributed by atoms with Crippen molar-refractivity contribution in [3.8, 4) is 0 Å². The first-order chi connectivity index (χ1) is 15.4. The molecule has 2 unspecified atom stereocenters. The second-order valence-corrected chi connectivity index (χ2v) is 9.16. The molecule has 5 rings (SSSR count). The van der Waals surface area contributed by atoms with Gasteiger partial charge in [0.05, 0.1) is 23.3 Å². The van der Waals surface area contributed by atoms with Crippen molar-refractivity contribution in [3.63, 3.8) is 0 Å². The Balaban J connectivity index is 1.27. The summed E-state index contributed by atoms with van der Waals surface area (Å²) >= 11 is 0. The molecule has 2 fully saturated rings.